The Bertz CT molecular complexity index is 380. The average molecular weight is 296 g/mol. The van der Waals surface area contributed by atoms with Crippen molar-refractivity contribution >= 4 is 11.9 Å². The van der Waals surface area contributed by atoms with Gasteiger partial charge in [-0.2, -0.15) is 0 Å². The van der Waals surface area contributed by atoms with Crippen molar-refractivity contribution in [2.75, 3.05) is 19.6 Å². The number of carboxylic acid groups (broad SMARTS) is 1. The summed E-state index contributed by atoms with van der Waals surface area (Å²) in [7, 11) is 0. The molecule has 0 aromatic carbocycles. The molecule has 1 aliphatic heterocycles. The zero-order valence-corrected chi connectivity index (χ0v) is 13.2. The second-order valence-electron chi connectivity index (χ2n) is 6.82. The number of carbonyl (C=O) groups is 2. The highest BCUT2D eigenvalue weighted by atomic mass is 16.4. The van der Waals surface area contributed by atoms with Crippen LogP contribution in [0.25, 0.3) is 0 Å². The zero-order valence-electron chi connectivity index (χ0n) is 13.2. The summed E-state index contributed by atoms with van der Waals surface area (Å²) < 4.78 is 0. The minimum atomic E-state index is -0.830. The largest absolute Gasteiger partial charge is 0.481 e. The second-order valence-corrected chi connectivity index (χ2v) is 6.82. The number of amides is 1. The summed E-state index contributed by atoms with van der Waals surface area (Å²) in [6.45, 7) is 7.00. The van der Waals surface area contributed by atoms with Crippen LogP contribution in [0.2, 0.25) is 0 Å². The van der Waals surface area contributed by atoms with Crippen molar-refractivity contribution in [2.45, 2.75) is 52.0 Å². The standard InChI is InChI=1S/C16H28N2O3/c1-11-8-13(14(9-11)16(20)21)15(19)17-10-12(2)18-6-4-3-5-7-18/h11-14H,3-10H2,1-2H3,(H,17,19)(H,20,21)/t11?,12?,13-,14+/m0/s1. The van der Waals surface area contributed by atoms with Gasteiger partial charge in [-0.15, -0.1) is 0 Å². The van der Waals surface area contributed by atoms with Crippen molar-refractivity contribution in [1.82, 2.24) is 10.2 Å². The Balaban J connectivity index is 1.81. The number of rotatable bonds is 5. The quantitative estimate of drug-likeness (QED) is 0.810. The van der Waals surface area contributed by atoms with Crippen LogP contribution in [0.5, 0.6) is 0 Å². The molecule has 5 nitrogen and oxygen atoms in total. The highest BCUT2D eigenvalue weighted by molar-refractivity contribution is 5.85. The van der Waals surface area contributed by atoms with Crippen molar-refractivity contribution in [2.24, 2.45) is 17.8 Å². The number of carbonyl (C=O) groups excluding carboxylic acids is 1. The van der Waals surface area contributed by atoms with E-state index in [2.05, 4.69) is 17.1 Å². The van der Waals surface area contributed by atoms with Gasteiger partial charge in [-0.25, -0.2) is 0 Å². The molecule has 1 heterocycles. The van der Waals surface area contributed by atoms with Crippen molar-refractivity contribution in [3.63, 3.8) is 0 Å². The summed E-state index contributed by atoms with van der Waals surface area (Å²) >= 11 is 0. The summed E-state index contributed by atoms with van der Waals surface area (Å²) in [5, 5.41) is 12.2. The van der Waals surface area contributed by atoms with Crippen molar-refractivity contribution < 1.29 is 14.7 Å². The molecule has 0 spiro atoms. The van der Waals surface area contributed by atoms with Crippen LogP contribution >= 0.6 is 0 Å². The molecule has 2 aliphatic rings. The first kappa shape index (κ1) is 16.3. The van der Waals surface area contributed by atoms with Crippen LogP contribution in [0, 0.1) is 17.8 Å². The maximum Gasteiger partial charge on any atom is 0.307 e. The van der Waals surface area contributed by atoms with E-state index in [-0.39, 0.29) is 11.8 Å². The lowest BCUT2D eigenvalue weighted by molar-refractivity contribution is -0.146. The molecule has 1 amide bonds. The van der Waals surface area contributed by atoms with Crippen molar-refractivity contribution in [3.05, 3.63) is 0 Å². The fourth-order valence-electron chi connectivity index (χ4n) is 3.72. The van der Waals surface area contributed by atoms with Crippen LogP contribution in [-0.4, -0.2) is 47.6 Å². The highest BCUT2D eigenvalue weighted by Gasteiger charge is 2.41. The summed E-state index contributed by atoms with van der Waals surface area (Å²) in [6.07, 6.45) is 5.09. The minimum absolute atomic E-state index is 0.0735. The van der Waals surface area contributed by atoms with Crippen LogP contribution < -0.4 is 5.32 Å². The van der Waals surface area contributed by atoms with E-state index in [0.717, 1.165) is 13.1 Å². The monoisotopic (exact) mass is 296 g/mol. The number of nitrogens with one attached hydrogen (secondary N) is 1. The number of hydrogen-bond acceptors (Lipinski definition) is 3. The Kier molecular flexibility index (Phi) is 5.62. The van der Waals surface area contributed by atoms with Gasteiger partial charge < -0.3 is 10.4 Å². The van der Waals surface area contributed by atoms with E-state index < -0.39 is 11.9 Å². The van der Waals surface area contributed by atoms with Crippen LogP contribution in [-0.2, 0) is 9.59 Å². The minimum Gasteiger partial charge on any atom is -0.481 e. The van der Waals surface area contributed by atoms with Crippen LogP contribution in [0.4, 0.5) is 0 Å². The number of likely N-dealkylation sites (tertiary alicyclic amines) is 1. The molecule has 0 aromatic heterocycles. The molecular formula is C16H28N2O3. The molecule has 1 saturated carbocycles. The maximum absolute atomic E-state index is 12.3. The third kappa shape index (κ3) is 4.19. The van der Waals surface area contributed by atoms with E-state index in [1.54, 1.807) is 0 Å². The first-order valence-electron chi connectivity index (χ1n) is 8.23. The Morgan fingerprint density at radius 2 is 1.81 bits per heavy atom. The molecule has 2 unspecified atom stereocenters. The molecule has 2 fully saturated rings. The van der Waals surface area contributed by atoms with E-state index in [1.165, 1.54) is 19.3 Å². The Labute approximate surface area is 127 Å². The Morgan fingerprint density at radius 3 is 2.43 bits per heavy atom. The lowest BCUT2D eigenvalue weighted by atomic mass is 9.95. The number of piperidine rings is 1. The van der Waals surface area contributed by atoms with Gasteiger partial charge in [-0.1, -0.05) is 13.3 Å². The van der Waals surface area contributed by atoms with Crippen LogP contribution in [0.1, 0.15) is 46.0 Å². The predicted octanol–water partition coefficient (Wildman–Crippen LogP) is 1.72. The van der Waals surface area contributed by atoms with E-state index in [4.69, 9.17) is 0 Å². The molecule has 4 atom stereocenters. The average Bonchev–Trinajstić information content (AvgIpc) is 2.87. The molecule has 0 bridgehead atoms. The SMILES string of the molecule is CC1C[C@H](C(=O)NCC(C)N2CCCCC2)[C@H](C(=O)O)C1. The van der Waals surface area contributed by atoms with Crippen LogP contribution in [0.3, 0.4) is 0 Å². The highest BCUT2D eigenvalue weighted by Crippen LogP contribution is 2.36. The van der Waals surface area contributed by atoms with Crippen LogP contribution in [0.15, 0.2) is 0 Å². The fraction of sp³-hybridized carbons (Fsp3) is 0.875. The van der Waals surface area contributed by atoms with Crippen molar-refractivity contribution in [3.8, 4) is 0 Å². The normalized spacial score (nSPS) is 31.8. The maximum atomic E-state index is 12.3. The summed E-state index contributed by atoms with van der Waals surface area (Å²) in [4.78, 5) is 26.0. The first-order chi connectivity index (χ1) is 9.99. The molecule has 2 rings (SSSR count). The zero-order chi connectivity index (χ0) is 15.4. The molecule has 0 radical (unpaired) electrons. The van der Waals surface area contributed by atoms with Crippen molar-refractivity contribution in [1.29, 1.82) is 0 Å². The molecule has 120 valence electrons. The Hall–Kier alpha value is -1.10. The first-order valence-corrected chi connectivity index (χ1v) is 8.23. The molecule has 2 N–H and O–H groups in total. The molecule has 0 aromatic rings. The molecule has 21 heavy (non-hydrogen) atoms. The third-order valence-electron chi connectivity index (χ3n) is 5.04. The molecule has 1 aliphatic carbocycles. The summed E-state index contributed by atoms with van der Waals surface area (Å²) in [5.74, 6) is -1.45. The number of nitrogens with zero attached hydrogens (tertiary/aromatic N) is 1. The number of carboxylic acids is 1. The number of aliphatic carboxylic acids is 1. The van der Waals surface area contributed by atoms with E-state index >= 15 is 0 Å². The van der Waals surface area contributed by atoms with Gasteiger partial charge in [0.25, 0.3) is 0 Å². The lowest BCUT2D eigenvalue weighted by Crippen LogP contribution is -2.46. The fourth-order valence-corrected chi connectivity index (χ4v) is 3.72. The van der Waals surface area contributed by atoms with Gasteiger partial charge in [0.1, 0.15) is 0 Å². The van der Waals surface area contributed by atoms with Gasteiger partial charge in [0.2, 0.25) is 5.91 Å². The van der Waals surface area contributed by atoms with E-state index in [9.17, 15) is 14.7 Å². The van der Waals surface area contributed by atoms with E-state index in [0.29, 0.717) is 31.3 Å². The predicted molar refractivity (Wildman–Crippen MR) is 80.9 cm³/mol. The van der Waals surface area contributed by atoms with Gasteiger partial charge in [0, 0.05) is 12.6 Å². The second kappa shape index (κ2) is 7.25. The lowest BCUT2D eigenvalue weighted by Gasteiger charge is -2.32. The van der Waals surface area contributed by atoms with E-state index in [1.807, 2.05) is 6.92 Å². The van der Waals surface area contributed by atoms with Gasteiger partial charge in [0.15, 0.2) is 0 Å². The molecule has 5 heteroatoms. The Morgan fingerprint density at radius 1 is 1.19 bits per heavy atom. The summed E-state index contributed by atoms with van der Waals surface area (Å²) in [6, 6.07) is 0.330. The molecule has 1 saturated heterocycles. The smallest absolute Gasteiger partial charge is 0.307 e. The summed E-state index contributed by atoms with van der Waals surface area (Å²) in [5.41, 5.74) is 0. The molecular weight excluding hydrogens is 268 g/mol. The van der Waals surface area contributed by atoms with Gasteiger partial charge in [0.05, 0.1) is 11.8 Å². The van der Waals surface area contributed by atoms with Gasteiger partial charge in [-0.3, -0.25) is 14.5 Å². The third-order valence-corrected chi connectivity index (χ3v) is 5.04. The topological polar surface area (TPSA) is 69.6 Å². The number of hydrogen-bond donors (Lipinski definition) is 2. The van der Waals surface area contributed by atoms with Gasteiger partial charge in [-0.05, 0) is 51.6 Å². The van der Waals surface area contributed by atoms with Gasteiger partial charge >= 0.3 is 5.97 Å².